The molecule has 0 amide bonds. The van der Waals surface area contributed by atoms with E-state index in [0.29, 0.717) is 5.28 Å². The van der Waals surface area contributed by atoms with E-state index in [9.17, 15) is 0 Å². The minimum absolute atomic E-state index is 0.296. The normalized spacial score (nSPS) is 15.3. The Morgan fingerprint density at radius 1 is 1.67 bits per heavy atom. The Morgan fingerprint density at radius 2 is 2.50 bits per heavy atom. The van der Waals surface area contributed by atoms with Gasteiger partial charge < -0.3 is 10.2 Å². The number of hydrogen-bond acceptors (Lipinski definition) is 4. The molecule has 0 saturated heterocycles. The van der Waals surface area contributed by atoms with E-state index in [0.717, 1.165) is 24.6 Å². The number of likely N-dealkylation sites (N-methyl/N-ethyl adjacent to an activating group) is 1. The third-order valence-corrected chi connectivity index (χ3v) is 2.05. The first-order valence-electron chi connectivity index (χ1n) is 3.75. The van der Waals surface area contributed by atoms with Crippen LogP contribution in [0.25, 0.3) is 0 Å². The molecule has 0 saturated carbocycles. The van der Waals surface area contributed by atoms with Crippen molar-refractivity contribution in [2.24, 2.45) is 0 Å². The molecular formula is C7H9ClN4. The first kappa shape index (κ1) is 7.61. The van der Waals surface area contributed by atoms with Gasteiger partial charge in [0.2, 0.25) is 5.28 Å². The molecule has 2 rings (SSSR count). The summed E-state index contributed by atoms with van der Waals surface area (Å²) in [5.74, 6) is 0.876. The van der Waals surface area contributed by atoms with E-state index in [-0.39, 0.29) is 0 Å². The smallest absolute Gasteiger partial charge is 0.224 e. The minimum Gasteiger partial charge on any atom is -0.379 e. The summed E-state index contributed by atoms with van der Waals surface area (Å²) >= 11 is 5.67. The van der Waals surface area contributed by atoms with Crippen LogP contribution in [0.5, 0.6) is 0 Å². The molecule has 0 aromatic carbocycles. The number of rotatable bonds is 0. The number of aromatic nitrogens is 2. The summed E-state index contributed by atoms with van der Waals surface area (Å²) in [7, 11) is 1.99. The molecule has 1 aromatic rings. The molecule has 0 unspecified atom stereocenters. The number of halogens is 1. The zero-order valence-corrected chi connectivity index (χ0v) is 7.47. The highest BCUT2D eigenvalue weighted by Gasteiger charge is 2.14. The van der Waals surface area contributed by atoms with E-state index >= 15 is 0 Å². The third-order valence-electron chi connectivity index (χ3n) is 1.86. The topological polar surface area (TPSA) is 41.0 Å². The Morgan fingerprint density at radius 3 is 3.33 bits per heavy atom. The van der Waals surface area contributed by atoms with Crippen LogP contribution in [0.1, 0.15) is 0 Å². The van der Waals surface area contributed by atoms with Crippen LogP contribution in [0, 0.1) is 0 Å². The lowest BCUT2D eigenvalue weighted by Crippen LogP contribution is -2.31. The number of anilines is 2. The Bertz CT molecular complexity index is 301. The van der Waals surface area contributed by atoms with Gasteiger partial charge in [0.25, 0.3) is 0 Å². The van der Waals surface area contributed by atoms with Gasteiger partial charge in [0.05, 0.1) is 11.9 Å². The second-order valence-electron chi connectivity index (χ2n) is 2.72. The van der Waals surface area contributed by atoms with E-state index < -0.39 is 0 Å². The Labute approximate surface area is 75.6 Å². The molecule has 0 fully saturated rings. The molecule has 0 bridgehead atoms. The average Bonchev–Trinajstić information content (AvgIpc) is 2.07. The molecule has 0 spiro atoms. The van der Waals surface area contributed by atoms with Gasteiger partial charge >= 0.3 is 0 Å². The molecule has 4 nitrogen and oxygen atoms in total. The second-order valence-corrected chi connectivity index (χ2v) is 3.06. The Balaban J connectivity index is 2.47. The number of hydrogen-bond donors (Lipinski definition) is 1. The lowest BCUT2D eigenvalue weighted by atomic mass is 10.3. The monoisotopic (exact) mass is 184 g/mol. The standard InChI is InChI=1S/C7H9ClN4/c1-12-3-2-9-5-4-10-7(8)11-6(5)12/h4,9H,2-3H2,1H3. The summed E-state index contributed by atoms with van der Waals surface area (Å²) < 4.78 is 0. The quantitative estimate of drug-likeness (QED) is 0.611. The Hall–Kier alpha value is -1.03. The fourth-order valence-electron chi connectivity index (χ4n) is 1.23. The molecule has 0 atom stereocenters. The van der Waals surface area contributed by atoms with Crippen LogP contribution in [0.4, 0.5) is 11.5 Å². The van der Waals surface area contributed by atoms with Gasteiger partial charge in [-0.1, -0.05) is 0 Å². The fourth-order valence-corrected chi connectivity index (χ4v) is 1.36. The van der Waals surface area contributed by atoms with Gasteiger partial charge in [0.1, 0.15) is 0 Å². The maximum Gasteiger partial charge on any atom is 0.224 e. The summed E-state index contributed by atoms with van der Waals surface area (Å²) in [6.45, 7) is 1.87. The van der Waals surface area contributed by atoms with Gasteiger partial charge in [0, 0.05) is 20.1 Å². The molecule has 2 heterocycles. The van der Waals surface area contributed by atoms with Crippen molar-refractivity contribution in [1.82, 2.24) is 9.97 Å². The summed E-state index contributed by atoms with van der Waals surface area (Å²) in [5, 5.41) is 3.49. The first-order chi connectivity index (χ1) is 5.77. The largest absolute Gasteiger partial charge is 0.379 e. The maximum absolute atomic E-state index is 5.67. The van der Waals surface area contributed by atoms with Crippen molar-refractivity contribution in [1.29, 1.82) is 0 Å². The van der Waals surface area contributed by atoms with Gasteiger partial charge in [0.15, 0.2) is 5.82 Å². The predicted molar refractivity (Wildman–Crippen MR) is 48.8 cm³/mol. The van der Waals surface area contributed by atoms with Crippen molar-refractivity contribution in [3.05, 3.63) is 11.5 Å². The highest BCUT2D eigenvalue weighted by atomic mass is 35.5. The Kier molecular flexibility index (Phi) is 1.77. The molecule has 12 heavy (non-hydrogen) atoms. The molecular weight excluding hydrogens is 176 g/mol. The van der Waals surface area contributed by atoms with Gasteiger partial charge in [-0.2, -0.15) is 4.98 Å². The molecule has 1 N–H and O–H groups in total. The van der Waals surface area contributed by atoms with Crippen LogP contribution in [0.15, 0.2) is 6.20 Å². The lowest BCUT2D eigenvalue weighted by Gasteiger charge is -2.26. The summed E-state index contributed by atoms with van der Waals surface area (Å²) in [6, 6.07) is 0. The summed E-state index contributed by atoms with van der Waals surface area (Å²) in [5.41, 5.74) is 0.952. The molecule has 64 valence electrons. The van der Waals surface area contributed by atoms with Crippen molar-refractivity contribution in [2.75, 3.05) is 30.4 Å². The fraction of sp³-hybridized carbons (Fsp3) is 0.429. The molecule has 1 aromatic heterocycles. The van der Waals surface area contributed by atoms with Crippen LogP contribution in [0.3, 0.4) is 0 Å². The van der Waals surface area contributed by atoms with Crippen LogP contribution in [-0.2, 0) is 0 Å². The first-order valence-corrected chi connectivity index (χ1v) is 4.13. The van der Waals surface area contributed by atoms with Crippen molar-refractivity contribution in [2.45, 2.75) is 0 Å². The van der Waals surface area contributed by atoms with Gasteiger partial charge in [-0.15, -0.1) is 0 Å². The molecule has 1 aliphatic rings. The van der Waals surface area contributed by atoms with E-state index in [1.165, 1.54) is 0 Å². The van der Waals surface area contributed by atoms with Crippen molar-refractivity contribution in [3.63, 3.8) is 0 Å². The molecule has 5 heteroatoms. The molecule has 0 aliphatic carbocycles. The summed E-state index contributed by atoms with van der Waals surface area (Å²) in [4.78, 5) is 10.1. The van der Waals surface area contributed by atoms with Crippen molar-refractivity contribution >= 4 is 23.1 Å². The average molecular weight is 185 g/mol. The van der Waals surface area contributed by atoms with Crippen LogP contribution < -0.4 is 10.2 Å². The minimum atomic E-state index is 0.296. The van der Waals surface area contributed by atoms with E-state index in [1.807, 2.05) is 7.05 Å². The van der Waals surface area contributed by atoms with Crippen molar-refractivity contribution < 1.29 is 0 Å². The number of nitrogens with one attached hydrogen (secondary N) is 1. The van der Waals surface area contributed by atoms with E-state index in [1.54, 1.807) is 6.20 Å². The molecule has 0 radical (unpaired) electrons. The van der Waals surface area contributed by atoms with Crippen LogP contribution >= 0.6 is 11.6 Å². The van der Waals surface area contributed by atoms with Gasteiger partial charge in [-0.25, -0.2) is 4.98 Å². The van der Waals surface area contributed by atoms with Crippen molar-refractivity contribution in [3.8, 4) is 0 Å². The highest BCUT2D eigenvalue weighted by molar-refractivity contribution is 6.28. The highest BCUT2D eigenvalue weighted by Crippen LogP contribution is 2.25. The molecule has 1 aliphatic heterocycles. The van der Waals surface area contributed by atoms with E-state index in [4.69, 9.17) is 11.6 Å². The third kappa shape index (κ3) is 1.18. The van der Waals surface area contributed by atoms with Gasteiger partial charge in [-0.05, 0) is 11.6 Å². The lowest BCUT2D eigenvalue weighted by molar-refractivity contribution is 0.856. The summed E-state index contributed by atoms with van der Waals surface area (Å²) in [6.07, 6.45) is 1.71. The predicted octanol–water partition coefficient (Wildman–Crippen LogP) is 0.992. The number of nitrogens with zero attached hydrogens (tertiary/aromatic N) is 3. The maximum atomic E-state index is 5.67. The number of fused-ring (bicyclic) bond motifs is 1. The van der Waals surface area contributed by atoms with Gasteiger partial charge in [-0.3, -0.25) is 0 Å². The van der Waals surface area contributed by atoms with E-state index in [2.05, 4.69) is 20.2 Å². The van der Waals surface area contributed by atoms with Crippen LogP contribution in [0.2, 0.25) is 5.28 Å². The zero-order valence-electron chi connectivity index (χ0n) is 6.71. The SMILES string of the molecule is CN1CCNc2cnc(Cl)nc21. The van der Waals surface area contributed by atoms with Crippen LogP contribution in [-0.4, -0.2) is 30.1 Å². The second kappa shape index (κ2) is 2.79. The zero-order chi connectivity index (χ0) is 8.55.